The van der Waals surface area contributed by atoms with Crippen molar-refractivity contribution in [2.24, 2.45) is 0 Å². The van der Waals surface area contributed by atoms with Crippen LogP contribution in [0.4, 0.5) is 0 Å². The van der Waals surface area contributed by atoms with Gasteiger partial charge in [0.15, 0.2) is 0 Å². The molecule has 5 rings (SSSR count). The van der Waals surface area contributed by atoms with Crippen LogP contribution in [0.15, 0.2) is 71.9 Å². The van der Waals surface area contributed by atoms with Gasteiger partial charge in [-0.3, -0.25) is 14.2 Å². The molecule has 0 radical (unpaired) electrons. The maximum atomic E-state index is 13.1. The van der Waals surface area contributed by atoms with Gasteiger partial charge in [0.2, 0.25) is 5.91 Å². The topological polar surface area (TPSA) is 79.8 Å². The molecule has 0 saturated heterocycles. The highest BCUT2D eigenvalue weighted by atomic mass is 32.1. The van der Waals surface area contributed by atoms with Crippen molar-refractivity contribution in [3.63, 3.8) is 0 Å². The molecule has 0 saturated carbocycles. The van der Waals surface area contributed by atoms with Crippen molar-refractivity contribution in [3.8, 4) is 10.4 Å². The first-order valence-electron chi connectivity index (χ1n) is 10.5. The van der Waals surface area contributed by atoms with Gasteiger partial charge in [-0.1, -0.05) is 48.5 Å². The zero-order valence-corrected chi connectivity index (χ0v) is 18.4. The molecule has 0 aliphatic rings. The summed E-state index contributed by atoms with van der Waals surface area (Å²) in [7, 11) is 0. The molecule has 0 spiro atoms. The number of carbonyl (C=O) groups excluding carboxylic acids is 1. The van der Waals surface area contributed by atoms with Crippen LogP contribution < -0.4 is 10.9 Å². The van der Waals surface area contributed by atoms with Crippen LogP contribution in [0.2, 0.25) is 0 Å². The molecular formula is C25H22N4O2S. The Morgan fingerprint density at radius 2 is 1.91 bits per heavy atom. The van der Waals surface area contributed by atoms with Gasteiger partial charge >= 0.3 is 0 Å². The van der Waals surface area contributed by atoms with Gasteiger partial charge < -0.3 is 10.3 Å². The summed E-state index contributed by atoms with van der Waals surface area (Å²) in [4.78, 5) is 35.0. The lowest BCUT2D eigenvalue weighted by Gasteiger charge is -2.07. The fourth-order valence-corrected chi connectivity index (χ4v) is 5.17. The first-order chi connectivity index (χ1) is 15.6. The number of nitrogens with one attached hydrogen (secondary N) is 2. The minimum Gasteiger partial charge on any atom is -0.361 e. The van der Waals surface area contributed by atoms with Crippen molar-refractivity contribution in [3.05, 3.63) is 88.6 Å². The molecule has 7 heteroatoms. The van der Waals surface area contributed by atoms with Crippen LogP contribution >= 0.6 is 11.3 Å². The molecule has 0 aliphatic heterocycles. The number of aromatic amines is 1. The summed E-state index contributed by atoms with van der Waals surface area (Å²) in [5.41, 5.74) is 4.03. The van der Waals surface area contributed by atoms with Crippen LogP contribution in [0, 0.1) is 6.92 Å². The standard InChI is InChI=1S/C25H22N4O2S/c1-16-22-24(32-23(16)17-7-3-2-4-8-17)28-15-29(25(22)31)14-21(30)26-12-11-18-13-27-20-10-6-5-9-19(18)20/h2-10,13,15,27H,11-12,14H2,1H3,(H,26,30). The zero-order chi connectivity index (χ0) is 22.1. The van der Waals surface area contributed by atoms with Gasteiger partial charge in [-0.05, 0) is 36.1 Å². The Bertz CT molecular complexity index is 1480. The predicted octanol–water partition coefficient (Wildman–Crippen LogP) is 4.27. The van der Waals surface area contributed by atoms with E-state index in [0.29, 0.717) is 23.2 Å². The summed E-state index contributed by atoms with van der Waals surface area (Å²) in [5.74, 6) is -0.204. The molecule has 2 aromatic carbocycles. The average Bonchev–Trinajstić information content (AvgIpc) is 3.38. The van der Waals surface area contributed by atoms with Gasteiger partial charge in [-0.2, -0.15) is 0 Å². The van der Waals surface area contributed by atoms with Crippen LogP contribution in [0.3, 0.4) is 0 Å². The maximum Gasteiger partial charge on any atom is 0.262 e. The molecular weight excluding hydrogens is 420 g/mol. The smallest absolute Gasteiger partial charge is 0.262 e. The van der Waals surface area contributed by atoms with E-state index in [1.165, 1.54) is 22.2 Å². The third-order valence-electron chi connectivity index (χ3n) is 5.66. The second-order valence-corrected chi connectivity index (χ2v) is 8.74. The van der Waals surface area contributed by atoms with Gasteiger partial charge in [-0.25, -0.2) is 4.98 Å². The fraction of sp³-hybridized carbons (Fsp3) is 0.160. The number of carbonyl (C=O) groups is 1. The number of amides is 1. The van der Waals surface area contributed by atoms with Crippen LogP contribution in [0.1, 0.15) is 11.1 Å². The summed E-state index contributed by atoms with van der Waals surface area (Å²) < 4.78 is 1.39. The third-order valence-corrected chi connectivity index (χ3v) is 6.91. The number of H-pyrrole nitrogens is 1. The maximum absolute atomic E-state index is 13.1. The quantitative estimate of drug-likeness (QED) is 0.412. The Morgan fingerprint density at radius 3 is 2.75 bits per heavy atom. The Hall–Kier alpha value is -3.71. The number of hydrogen-bond acceptors (Lipinski definition) is 4. The molecule has 5 aromatic rings. The fourth-order valence-electron chi connectivity index (χ4n) is 4.02. The van der Waals surface area contributed by atoms with E-state index in [4.69, 9.17) is 0 Å². The lowest BCUT2D eigenvalue weighted by atomic mass is 10.1. The van der Waals surface area contributed by atoms with Gasteiger partial charge in [-0.15, -0.1) is 11.3 Å². The highest BCUT2D eigenvalue weighted by Gasteiger charge is 2.16. The van der Waals surface area contributed by atoms with E-state index in [-0.39, 0.29) is 18.0 Å². The van der Waals surface area contributed by atoms with E-state index in [1.54, 1.807) is 0 Å². The molecule has 0 bridgehead atoms. The zero-order valence-electron chi connectivity index (χ0n) is 17.6. The van der Waals surface area contributed by atoms with E-state index < -0.39 is 0 Å². The molecule has 0 aliphatic carbocycles. The summed E-state index contributed by atoms with van der Waals surface area (Å²) >= 11 is 1.50. The van der Waals surface area contributed by atoms with Crippen molar-refractivity contribution >= 4 is 38.4 Å². The van der Waals surface area contributed by atoms with Gasteiger partial charge in [0, 0.05) is 28.5 Å². The number of benzene rings is 2. The molecule has 1 amide bonds. The number of hydrogen-bond donors (Lipinski definition) is 2. The summed E-state index contributed by atoms with van der Waals surface area (Å²) in [6, 6.07) is 18.1. The van der Waals surface area contributed by atoms with Crippen LogP contribution in [0.25, 0.3) is 31.6 Å². The number of aromatic nitrogens is 3. The average molecular weight is 443 g/mol. The molecule has 2 N–H and O–H groups in total. The highest BCUT2D eigenvalue weighted by Crippen LogP contribution is 2.35. The van der Waals surface area contributed by atoms with Crippen molar-refractivity contribution in [2.45, 2.75) is 19.9 Å². The van der Waals surface area contributed by atoms with Crippen molar-refractivity contribution in [1.82, 2.24) is 19.9 Å². The molecule has 160 valence electrons. The predicted molar refractivity (Wildman–Crippen MR) is 129 cm³/mol. The van der Waals surface area contributed by atoms with Crippen LogP contribution in [-0.4, -0.2) is 27.0 Å². The van der Waals surface area contributed by atoms with E-state index in [9.17, 15) is 9.59 Å². The second kappa shape index (κ2) is 8.43. The monoisotopic (exact) mass is 442 g/mol. The lowest BCUT2D eigenvalue weighted by Crippen LogP contribution is -2.33. The van der Waals surface area contributed by atoms with E-state index >= 15 is 0 Å². The Balaban J connectivity index is 1.30. The van der Waals surface area contributed by atoms with Gasteiger partial charge in [0.05, 0.1) is 11.7 Å². The summed E-state index contributed by atoms with van der Waals surface area (Å²) in [5, 5.41) is 4.67. The summed E-state index contributed by atoms with van der Waals surface area (Å²) in [6.07, 6.45) is 4.16. The summed E-state index contributed by atoms with van der Waals surface area (Å²) in [6.45, 7) is 2.39. The number of rotatable bonds is 6. The number of para-hydroxylation sites is 1. The van der Waals surface area contributed by atoms with E-state index in [2.05, 4.69) is 21.4 Å². The Morgan fingerprint density at radius 1 is 1.12 bits per heavy atom. The Kier molecular flexibility index (Phi) is 5.33. The van der Waals surface area contributed by atoms with E-state index in [0.717, 1.165) is 32.5 Å². The molecule has 32 heavy (non-hydrogen) atoms. The van der Waals surface area contributed by atoms with Gasteiger partial charge in [0.25, 0.3) is 5.56 Å². The van der Waals surface area contributed by atoms with Crippen molar-refractivity contribution in [2.75, 3.05) is 6.54 Å². The minimum absolute atomic E-state index is 0.0500. The number of thiophene rings is 1. The normalized spacial score (nSPS) is 11.3. The van der Waals surface area contributed by atoms with Gasteiger partial charge in [0.1, 0.15) is 11.4 Å². The van der Waals surface area contributed by atoms with Crippen molar-refractivity contribution in [1.29, 1.82) is 0 Å². The molecule has 0 fully saturated rings. The second-order valence-electron chi connectivity index (χ2n) is 7.74. The Labute approximate surface area is 188 Å². The number of nitrogens with zero attached hydrogens (tertiary/aromatic N) is 2. The minimum atomic E-state index is -0.204. The molecule has 0 atom stereocenters. The first kappa shape index (κ1) is 20.2. The molecule has 6 nitrogen and oxygen atoms in total. The van der Waals surface area contributed by atoms with Crippen molar-refractivity contribution < 1.29 is 4.79 Å². The largest absolute Gasteiger partial charge is 0.361 e. The molecule has 0 unspecified atom stereocenters. The van der Waals surface area contributed by atoms with Crippen LogP contribution in [-0.2, 0) is 17.8 Å². The SMILES string of the molecule is Cc1c(-c2ccccc2)sc2ncn(CC(=O)NCCc3c[nH]c4ccccc34)c(=O)c12. The molecule has 3 aromatic heterocycles. The van der Waals surface area contributed by atoms with E-state index in [1.807, 2.05) is 61.7 Å². The number of aryl methyl sites for hydroxylation is 1. The first-order valence-corrected chi connectivity index (χ1v) is 11.3. The third kappa shape index (κ3) is 3.71. The molecule has 3 heterocycles. The highest BCUT2D eigenvalue weighted by molar-refractivity contribution is 7.22. The van der Waals surface area contributed by atoms with Crippen LogP contribution in [0.5, 0.6) is 0 Å². The number of fused-ring (bicyclic) bond motifs is 2. The lowest BCUT2D eigenvalue weighted by molar-refractivity contribution is -0.121.